The lowest BCUT2D eigenvalue weighted by Gasteiger charge is -2.14. The molecule has 0 aromatic heterocycles. The highest BCUT2D eigenvalue weighted by Crippen LogP contribution is 2.19. The van der Waals surface area contributed by atoms with E-state index in [0.717, 1.165) is 6.42 Å². The number of hydrogen-bond acceptors (Lipinski definition) is 2. The standard InChI is InChI=1S/C14H19ClO3/c1-10(2)9-11-3-5-12(6-4-11)13(14(16)17)18-8-7-15/h3-6,10,13H,7-9H2,1-2H3,(H,16,17). The Hall–Kier alpha value is -1.06. The van der Waals surface area contributed by atoms with E-state index in [1.54, 1.807) is 0 Å². The maximum absolute atomic E-state index is 11.1. The molecule has 0 saturated heterocycles. The van der Waals surface area contributed by atoms with E-state index in [9.17, 15) is 4.79 Å². The molecular formula is C14H19ClO3. The molecule has 1 N–H and O–H groups in total. The monoisotopic (exact) mass is 270 g/mol. The second-order valence-corrected chi connectivity index (χ2v) is 5.00. The summed E-state index contributed by atoms with van der Waals surface area (Å²) in [6, 6.07) is 7.53. The fourth-order valence-electron chi connectivity index (χ4n) is 1.77. The zero-order valence-electron chi connectivity index (χ0n) is 10.7. The van der Waals surface area contributed by atoms with Gasteiger partial charge in [-0.15, -0.1) is 11.6 Å². The number of ether oxygens (including phenoxy) is 1. The van der Waals surface area contributed by atoms with Crippen LogP contribution in [0.1, 0.15) is 31.1 Å². The highest BCUT2D eigenvalue weighted by atomic mass is 35.5. The van der Waals surface area contributed by atoms with Gasteiger partial charge in [-0.3, -0.25) is 0 Å². The van der Waals surface area contributed by atoms with Crippen LogP contribution in [0.25, 0.3) is 0 Å². The van der Waals surface area contributed by atoms with Gasteiger partial charge in [0.2, 0.25) is 0 Å². The zero-order valence-corrected chi connectivity index (χ0v) is 11.5. The number of aliphatic carboxylic acids is 1. The number of halogens is 1. The highest BCUT2D eigenvalue weighted by Gasteiger charge is 2.20. The molecule has 0 radical (unpaired) electrons. The number of benzene rings is 1. The Labute approximate surface area is 113 Å². The third kappa shape index (κ3) is 4.67. The summed E-state index contributed by atoms with van der Waals surface area (Å²) in [6.07, 6.45) is 0.0532. The zero-order chi connectivity index (χ0) is 13.5. The Morgan fingerprint density at radius 3 is 2.39 bits per heavy atom. The van der Waals surface area contributed by atoms with E-state index in [2.05, 4.69) is 13.8 Å². The van der Waals surface area contributed by atoms with Gasteiger partial charge in [0.15, 0.2) is 6.10 Å². The fourth-order valence-corrected chi connectivity index (χ4v) is 1.86. The fraction of sp³-hybridized carbons (Fsp3) is 0.500. The van der Waals surface area contributed by atoms with Crippen molar-refractivity contribution in [2.45, 2.75) is 26.4 Å². The van der Waals surface area contributed by atoms with Gasteiger partial charge in [0, 0.05) is 5.88 Å². The summed E-state index contributed by atoms with van der Waals surface area (Å²) in [4.78, 5) is 11.1. The number of alkyl halides is 1. The molecule has 1 aromatic rings. The molecule has 0 aliphatic rings. The first kappa shape index (κ1) is 15.0. The van der Waals surface area contributed by atoms with Crippen LogP contribution in [-0.4, -0.2) is 23.6 Å². The number of hydrogen-bond donors (Lipinski definition) is 1. The summed E-state index contributed by atoms with van der Waals surface area (Å²) in [5.41, 5.74) is 1.86. The molecule has 0 spiro atoms. The SMILES string of the molecule is CC(C)Cc1ccc(C(OCCCl)C(=O)O)cc1. The van der Waals surface area contributed by atoms with Crippen molar-refractivity contribution in [3.8, 4) is 0 Å². The van der Waals surface area contributed by atoms with E-state index in [1.807, 2.05) is 24.3 Å². The van der Waals surface area contributed by atoms with Crippen LogP contribution < -0.4 is 0 Å². The number of carbonyl (C=O) groups is 1. The number of carboxylic acids is 1. The van der Waals surface area contributed by atoms with Crippen molar-refractivity contribution in [1.29, 1.82) is 0 Å². The van der Waals surface area contributed by atoms with Gasteiger partial charge >= 0.3 is 5.97 Å². The first-order valence-corrected chi connectivity index (χ1v) is 6.57. The predicted octanol–water partition coefficient (Wildman–Crippen LogP) is 3.27. The lowest BCUT2D eigenvalue weighted by atomic mass is 10.0. The summed E-state index contributed by atoms with van der Waals surface area (Å²) in [6.45, 7) is 4.53. The van der Waals surface area contributed by atoms with Crippen LogP contribution in [-0.2, 0) is 16.0 Å². The average Bonchev–Trinajstić information content (AvgIpc) is 2.30. The Balaban J connectivity index is 2.77. The van der Waals surface area contributed by atoms with Gasteiger partial charge in [0.25, 0.3) is 0 Å². The van der Waals surface area contributed by atoms with Crippen LogP contribution in [0.15, 0.2) is 24.3 Å². The van der Waals surface area contributed by atoms with Gasteiger partial charge in [0.05, 0.1) is 6.61 Å². The van der Waals surface area contributed by atoms with Gasteiger partial charge in [-0.25, -0.2) is 4.79 Å². The Morgan fingerprint density at radius 2 is 1.94 bits per heavy atom. The van der Waals surface area contributed by atoms with Gasteiger partial charge in [-0.1, -0.05) is 38.1 Å². The van der Waals surface area contributed by atoms with E-state index in [4.69, 9.17) is 21.4 Å². The second kappa shape index (κ2) is 7.39. The highest BCUT2D eigenvalue weighted by molar-refractivity contribution is 6.17. The van der Waals surface area contributed by atoms with Crippen LogP contribution in [0.2, 0.25) is 0 Å². The topological polar surface area (TPSA) is 46.5 Å². The van der Waals surface area contributed by atoms with E-state index < -0.39 is 12.1 Å². The maximum Gasteiger partial charge on any atom is 0.337 e. The summed E-state index contributed by atoms with van der Waals surface area (Å²) in [5.74, 6) is -0.120. The summed E-state index contributed by atoms with van der Waals surface area (Å²) in [7, 11) is 0. The van der Waals surface area contributed by atoms with Crippen molar-refractivity contribution < 1.29 is 14.6 Å². The molecule has 0 fully saturated rings. The van der Waals surface area contributed by atoms with Crippen molar-refractivity contribution in [3.05, 3.63) is 35.4 Å². The van der Waals surface area contributed by atoms with E-state index in [1.165, 1.54) is 5.56 Å². The quantitative estimate of drug-likeness (QED) is 0.774. The molecule has 1 aromatic carbocycles. The van der Waals surface area contributed by atoms with Crippen molar-refractivity contribution in [2.75, 3.05) is 12.5 Å². The molecule has 1 rings (SSSR count). The molecule has 0 aliphatic carbocycles. The summed E-state index contributed by atoms with van der Waals surface area (Å²) < 4.78 is 5.23. The number of rotatable bonds is 7. The first-order valence-electron chi connectivity index (χ1n) is 6.03. The minimum absolute atomic E-state index is 0.228. The molecule has 0 aliphatic heterocycles. The summed E-state index contributed by atoms with van der Waals surface area (Å²) >= 11 is 5.50. The van der Waals surface area contributed by atoms with E-state index >= 15 is 0 Å². The molecule has 3 nitrogen and oxygen atoms in total. The smallest absolute Gasteiger partial charge is 0.337 e. The van der Waals surface area contributed by atoms with Gasteiger partial charge in [-0.05, 0) is 23.5 Å². The van der Waals surface area contributed by atoms with Crippen LogP contribution in [0.5, 0.6) is 0 Å². The molecular weight excluding hydrogens is 252 g/mol. The molecule has 0 bridgehead atoms. The lowest BCUT2D eigenvalue weighted by molar-refractivity contribution is -0.150. The summed E-state index contributed by atoms with van der Waals surface area (Å²) in [5, 5.41) is 9.10. The van der Waals surface area contributed by atoms with Gasteiger partial charge in [-0.2, -0.15) is 0 Å². The normalized spacial score (nSPS) is 12.7. The van der Waals surface area contributed by atoms with E-state index in [0.29, 0.717) is 11.5 Å². The Morgan fingerprint density at radius 1 is 1.33 bits per heavy atom. The minimum Gasteiger partial charge on any atom is -0.479 e. The molecule has 0 heterocycles. The van der Waals surface area contributed by atoms with Crippen molar-refractivity contribution in [2.24, 2.45) is 5.92 Å². The van der Waals surface area contributed by atoms with Crippen molar-refractivity contribution >= 4 is 17.6 Å². The first-order chi connectivity index (χ1) is 8.54. The largest absolute Gasteiger partial charge is 0.479 e. The second-order valence-electron chi connectivity index (χ2n) is 4.62. The van der Waals surface area contributed by atoms with Gasteiger partial charge in [0.1, 0.15) is 0 Å². The third-order valence-corrected chi connectivity index (χ3v) is 2.67. The lowest BCUT2D eigenvalue weighted by Crippen LogP contribution is -2.16. The van der Waals surface area contributed by atoms with Gasteiger partial charge < -0.3 is 9.84 Å². The van der Waals surface area contributed by atoms with Crippen molar-refractivity contribution in [1.82, 2.24) is 0 Å². The number of carboxylic acid groups (broad SMARTS) is 1. The van der Waals surface area contributed by atoms with Crippen molar-refractivity contribution in [3.63, 3.8) is 0 Å². The predicted molar refractivity (Wildman–Crippen MR) is 72.0 cm³/mol. The minimum atomic E-state index is -0.989. The average molecular weight is 271 g/mol. The maximum atomic E-state index is 11.1. The molecule has 0 saturated carbocycles. The Kier molecular flexibility index (Phi) is 6.16. The molecule has 1 atom stereocenters. The van der Waals surface area contributed by atoms with Crippen LogP contribution in [0.4, 0.5) is 0 Å². The van der Waals surface area contributed by atoms with Crippen LogP contribution in [0, 0.1) is 5.92 Å². The van der Waals surface area contributed by atoms with Crippen LogP contribution in [0.3, 0.4) is 0 Å². The Bertz CT molecular complexity index is 373. The third-order valence-electron chi connectivity index (χ3n) is 2.51. The van der Waals surface area contributed by atoms with Crippen LogP contribution >= 0.6 is 11.6 Å². The molecule has 100 valence electrons. The molecule has 4 heteroatoms. The molecule has 18 heavy (non-hydrogen) atoms. The molecule has 1 unspecified atom stereocenters. The van der Waals surface area contributed by atoms with E-state index in [-0.39, 0.29) is 12.5 Å². The molecule has 0 amide bonds.